The maximum Gasteiger partial charge on any atom is 0.160 e. The lowest BCUT2D eigenvalue weighted by Crippen LogP contribution is -2.37. The monoisotopic (exact) mass is 746 g/mol. The summed E-state index contributed by atoms with van der Waals surface area (Å²) in [6.45, 7) is 1.52. The molecule has 0 aliphatic carbocycles. The van der Waals surface area contributed by atoms with Crippen molar-refractivity contribution in [2.24, 2.45) is 0 Å². The summed E-state index contributed by atoms with van der Waals surface area (Å²) in [6, 6.07) is 67.8. The van der Waals surface area contributed by atoms with E-state index in [1.165, 1.54) is 0 Å². The highest BCUT2D eigenvalue weighted by atomic mass is 15.3. The predicted molar refractivity (Wildman–Crippen MR) is 237 cm³/mol. The van der Waals surface area contributed by atoms with Gasteiger partial charge in [-0.25, -0.2) is 19.9 Å². The van der Waals surface area contributed by atoms with E-state index >= 15 is 0 Å². The Hall–Kier alpha value is -7.70. The second-order valence-electron chi connectivity index (χ2n) is 14.3. The Labute approximate surface area is 338 Å². The first kappa shape index (κ1) is 34.8. The topological polar surface area (TPSA) is 58.0 Å². The van der Waals surface area contributed by atoms with Gasteiger partial charge in [0.2, 0.25) is 0 Å². The van der Waals surface area contributed by atoms with Gasteiger partial charge in [-0.3, -0.25) is 0 Å². The SMILES string of the molecule is c1ccc(-c2cc(-c3ccccc3)nc(-c3ccc(N4CCN(c5ccc(-c6cc(-c7ccccc7)cc(-c7ccccc7)n6)cc5)c5ncncc54)cc3)c2)cc1. The average molecular weight is 747 g/mol. The normalized spacial score (nSPS) is 12.3. The van der Waals surface area contributed by atoms with Crippen LogP contribution in [0.3, 0.4) is 0 Å². The Bertz CT molecular complexity index is 2500. The van der Waals surface area contributed by atoms with Crippen LogP contribution in [0.2, 0.25) is 0 Å². The molecule has 0 fully saturated rings. The molecular formula is C52H38N6. The first-order valence-corrected chi connectivity index (χ1v) is 19.6. The maximum atomic E-state index is 5.14. The lowest BCUT2D eigenvalue weighted by atomic mass is 10.00. The van der Waals surface area contributed by atoms with Crippen molar-refractivity contribution >= 4 is 22.9 Å². The molecule has 6 heteroatoms. The van der Waals surface area contributed by atoms with E-state index < -0.39 is 0 Å². The average Bonchev–Trinajstić information content (AvgIpc) is 3.32. The molecule has 6 nitrogen and oxygen atoms in total. The van der Waals surface area contributed by atoms with Crippen LogP contribution in [0, 0.1) is 0 Å². The van der Waals surface area contributed by atoms with E-state index in [-0.39, 0.29) is 0 Å². The van der Waals surface area contributed by atoms with Crippen LogP contribution in [0.1, 0.15) is 0 Å². The summed E-state index contributed by atoms with van der Waals surface area (Å²) in [6.07, 6.45) is 3.55. The van der Waals surface area contributed by atoms with E-state index in [1.54, 1.807) is 6.33 Å². The van der Waals surface area contributed by atoms with E-state index in [0.717, 1.165) is 103 Å². The van der Waals surface area contributed by atoms with E-state index in [4.69, 9.17) is 15.0 Å². The van der Waals surface area contributed by atoms with Crippen LogP contribution < -0.4 is 9.80 Å². The number of hydrogen-bond acceptors (Lipinski definition) is 6. The highest BCUT2D eigenvalue weighted by molar-refractivity contribution is 5.83. The molecule has 0 saturated carbocycles. The Kier molecular flexibility index (Phi) is 9.26. The zero-order valence-electron chi connectivity index (χ0n) is 31.7. The number of benzene rings is 6. The summed E-state index contributed by atoms with van der Waals surface area (Å²) in [4.78, 5) is 24.1. The van der Waals surface area contributed by atoms with Crippen molar-refractivity contribution in [2.75, 3.05) is 22.9 Å². The molecule has 4 heterocycles. The van der Waals surface area contributed by atoms with Crippen molar-refractivity contribution in [3.05, 3.63) is 207 Å². The molecular weight excluding hydrogens is 709 g/mol. The molecule has 276 valence electrons. The standard InChI is InChI=1S/C52H38N6/c1-5-13-37(14-6-1)43-31-47(39-17-9-3-10-18-39)55-49(33-43)41-21-25-45(26-22-41)57-29-30-58(52-51(57)35-53-36-54-52)46-27-23-42(24-28-46)50-34-44(38-15-7-2-8-16-38)32-48(56-50)40-19-11-4-12-20-40/h1-28,31-36H,29-30H2. The van der Waals surface area contributed by atoms with Gasteiger partial charge in [0.05, 0.1) is 29.0 Å². The number of pyridine rings is 2. The third-order valence-electron chi connectivity index (χ3n) is 10.7. The van der Waals surface area contributed by atoms with Gasteiger partial charge in [-0.05, 0) is 70.8 Å². The summed E-state index contributed by atoms with van der Waals surface area (Å²) in [5.74, 6) is 0.873. The highest BCUT2D eigenvalue weighted by Crippen LogP contribution is 2.41. The molecule has 1 aliphatic heterocycles. The molecule has 10 rings (SSSR count). The minimum Gasteiger partial charge on any atom is -0.335 e. The van der Waals surface area contributed by atoms with Gasteiger partial charge in [-0.15, -0.1) is 0 Å². The quantitative estimate of drug-likeness (QED) is 0.154. The lowest BCUT2D eigenvalue weighted by Gasteiger charge is -2.37. The molecule has 0 amide bonds. The Morgan fingerprint density at radius 3 is 1.14 bits per heavy atom. The van der Waals surface area contributed by atoms with Gasteiger partial charge in [0.25, 0.3) is 0 Å². The molecule has 0 N–H and O–H groups in total. The molecule has 0 atom stereocenters. The van der Waals surface area contributed by atoms with Gasteiger partial charge >= 0.3 is 0 Å². The Balaban J connectivity index is 0.936. The van der Waals surface area contributed by atoms with Crippen molar-refractivity contribution < 1.29 is 0 Å². The zero-order chi connectivity index (χ0) is 38.7. The number of aromatic nitrogens is 4. The Morgan fingerprint density at radius 2 is 0.707 bits per heavy atom. The van der Waals surface area contributed by atoms with Crippen molar-refractivity contribution in [2.45, 2.75) is 0 Å². The summed E-state index contributed by atoms with van der Waals surface area (Å²) in [5.41, 5.74) is 15.8. The molecule has 0 unspecified atom stereocenters. The molecule has 0 saturated heterocycles. The summed E-state index contributed by atoms with van der Waals surface area (Å²) in [7, 11) is 0. The largest absolute Gasteiger partial charge is 0.335 e. The van der Waals surface area contributed by atoms with Gasteiger partial charge in [-0.1, -0.05) is 146 Å². The summed E-state index contributed by atoms with van der Waals surface area (Å²) in [5, 5.41) is 0. The molecule has 9 aromatic rings. The molecule has 0 bridgehead atoms. The highest BCUT2D eigenvalue weighted by Gasteiger charge is 2.26. The molecule has 0 radical (unpaired) electrons. The number of rotatable bonds is 8. The van der Waals surface area contributed by atoms with Crippen molar-refractivity contribution in [3.8, 4) is 67.3 Å². The van der Waals surface area contributed by atoms with Crippen LogP contribution >= 0.6 is 0 Å². The smallest absolute Gasteiger partial charge is 0.160 e. The van der Waals surface area contributed by atoms with Crippen LogP contribution in [0.15, 0.2) is 207 Å². The second kappa shape index (κ2) is 15.4. The molecule has 6 aromatic carbocycles. The number of fused-ring (bicyclic) bond motifs is 1. The van der Waals surface area contributed by atoms with E-state index in [0.29, 0.717) is 0 Å². The van der Waals surface area contributed by atoms with Crippen LogP contribution in [0.25, 0.3) is 67.3 Å². The van der Waals surface area contributed by atoms with Gasteiger partial charge in [0.15, 0.2) is 5.82 Å². The first-order chi connectivity index (χ1) is 28.7. The van der Waals surface area contributed by atoms with Crippen molar-refractivity contribution in [3.63, 3.8) is 0 Å². The van der Waals surface area contributed by atoms with Gasteiger partial charge in [-0.2, -0.15) is 0 Å². The van der Waals surface area contributed by atoms with E-state index in [9.17, 15) is 0 Å². The Morgan fingerprint density at radius 1 is 0.345 bits per heavy atom. The van der Waals surface area contributed by atoms with Gasteiger partial charge < -0.3 is 9.80 Å². The van der Waals surface area contributed by atoms with Crippen molar-refractivity contribution in [1.82, 2.24) is 19.9 Å². The van der Waals surface area contributed by atoms with E-state index in [1.807, 2.05) is 30.5 Å². The third kappa shape index (κ3) is 6.99. The fourth-order valence-corrected chi connectivity index (χ4v) is 7.75. The zero-order valence-corrected chi connectivity index (χ0v) is 31.7. The van der Waals surface area contributed by atoms with Gasteiger partial charge in [0, 0.05) is 46.7 Å². The second-order valence-corrected chi connectivity index (χ2v) is 14.3. The summed E-state index contributed by atoms with van der Waals surface area (Å²) < 4.78 is 0. The molecule has 0 spiro atoms. The van der Waals surface area contributed by atoms with Crippen molar-refractivity contribution in [1.29, 1.82) is 0 Å². The minimum absolute atomic E-state index is 0.756. The number of anilines is 4. The minimum atomic E-state index is 0.756. The molecule has 1 aliphatic rings. The predicted octanol–water partition coefficient (Wildman–Crippen LogP) is 12.6. The maximum absolute atomic E-state index is 5.14. The van der Waals surface area contributed by atoms with Crippen LogP contribution in [0.4, 0.5) is 22.9 Å². The number of nitrogens with zero attached hydrogens (tertiary/aromatic N) is 6. The lowest BCUT2D eigenvalue weighted by molar-refractivity contribution is 0.825. The van der Waals surface area contributed by atoms with Crippen LogP contribution in [-0.4, -0.2) is 33.0 Å². The summed E-state index contributed by atoms with van der Waals surface area (Å²) >= 11 is 0. The first-order valence-electron chi connectivity index (χ1n) is 19.6. The van der Waals surface area contributed by atoms with Crippen LogP contribution in [-0.2, 0) is 0 Å². The molecule has 58 heavy (non-hydrogen) atoms. The fraction of sp³-hybridized carbons (Fsp3) is 0.0385. The fourth-order valence-electron chi connectivity index (χ4n) is 7.75. The molecule has 3 aromatic heterocycles. The van der Waals surface area contributed by atoms with Crippen LogP contribution in [0.5, 0.6) is 0 Å². The number of hydrogen-bond donors (Lipinski definition) is 0. The third-order valence-corrected chi connectivity index (χ3v) is 10.7. The van der Waals surface area contributed by atoms with E-state index in [2.05, 4.69) is 185 Å². The van der Waals surface area contributed by atoms with Gasteiger partial charge in [0.1, 0.15) is 12.0 Å².